The third-order valence-electron chi connectivity index (χ3n) is 2.92. The van der Waals surface area contributed by atoms with Crippen LogP contribution in [0.4, 0.5) is 13.2 Å². The van der Waals surface area contributed by atoms with Crippen LogP contribution in [0.3, 0.4) is 0 Å². The second kappa shape index (κ2) is 5.36. The Hall–Kier alpha value is -2.30. The number of hydrogen-bond acceptors (Lipinski definition) is 1. The summed E-state index contributed by atoms with van der Waals surface area (Å²) >= 11 is 0. The minimum Gasteiger partial charge on any atom is -0.355 e. The normalized spacial score (nSPS) is 11.2. The highest BCUT2D eigenvalue weighted by molar-refractivity contribution is 6.00. The summed E-state index contributed by atoms with van der Waals surface area (Å²) in [6.07, 6.45) is -4.36. The van der Waals surface area contributed by atoms with Gasteiger partial charge in [-0.15, -0.1) is 0 Å². The fourth-order valence-corrected chi connectivity index (χ4v) is 1.91. The van der Waals surface area contributed by atoms with E-state index in [-0.39, 0.29) is 5.91 Å². The zero-order valence-corrected chi connectivity index (χ0v) is 10.7. The average Bonchev–Trinajstić information content (AvgIpc) is 2.45. The van der Waals surface area contributed by atoms with Gasteiger partial charge < -0.3 is 5.32 Å². The number of carbonyl (C=O) groups excluding carboxylic acids is 1. The topological polar surface area (TPSA) is 29.1 Å². The maximum absolute atomic E-state index is 12.5. The number of amides is 1. The number of carbonyl (C=O) groups is 1. The van der Waals surface area contributed by atoms with E-state index in [1.54, 1.807) is 24.3 Å². The van der Waals surface area contributed by atoms with Crippen molar-refractivity contribution >= 4 is 5.91 Å². The van der Waals surface area contributed by atoms with Crippen molar-refractivity contribution < 1.29 is 18.0 Å². The lowest BCUT2D eigenvalue weighted by Gasteiger charge is -2.10. The van der Waals surface area contributed by atoms with Crippen LogP contribution in [0.2, 0.25) is 0 Å². The molecule has 0 aliphatic carbocycles. The number of alkyl halides is 3. The molecule has 0 saturated heterocycles. The van der Waals surface area contributed by atoms with Crippen molar-refractivity contribution in [2.75, 3.05) is 7.05 Å². The molecule has 2 aromatic rings. The molecule has 5 heteroatoms. The molecule has 0 saturated carbocycles. The quantitative estimate of drug-likeness (QED) is 0.891. The highest BCUT2D eigenvalue weighted by atomic mass is 19.4. The second-order valence-electron chi connectivity index (χ2n) is 4.20. The third-order valence-corrected chi connectivity index (χ3v) is 2.92. The summed E-state index contributed by atoms with van der Waals surface area (Å²) in [5, 5.41) is 2.51. The van der Waals surface area contributed by atoms with E-state index in [0.717, 1.165) is 12.1 Å². The van der Waals surface area contributed by atoms with Gasteiger partial charge in [-0.05, 0) is 29.3 Å². The molecule has 0 unspecified atom stereocenters. The van der Waals surface area contributed by atoms with E-state index in [0.29, 0.717) is 16.7 Å². The smallest absolute Gasteiger partial charge is 0.355 e. The van der Waals surface area contributed by atoms with Crippen LogP contribution in [0.1, 0.15) is 15.9 Å². The van der Waals surface area contributed by atoms with Crippen LogP contribution in [0.25, 0.3) is 11.1 Å². The molecule has 2 aromatic carbocycles. The molecule has 1 amide bonds. The van der Waals surface area contributed by atoms with Gasteiger partial charge in [-0.2, -0.15) is 13.2 Å². The molecule has 0 spiro atoms. The van der Waals surface area contributed by atoms with Gasteiger partial charge in [0.15, 0.2) is 0 Å². The van der Waals surface area contributed by atoms with Gasteiger partial charge in [0.25, 0.3) is 5.91 Å². The Morgan fingerprint density at radius 2 is 1.60 bits per heavy atom. The van der Waals surface area contributed by atoms with Crippen molar-refractivity contribution in [1.82, 2.24) is 5.32 Å². The summed E-state index contributed by atoms with van der Waals surface area (Å²) in [6, 6.07) is 11.5. The van der Waals surface area contributed by atoms with Gasteiger partial charge in [-0.3, -0.25) is 4.79 Å². The van der Waals surface area contributed by atoms with Crippen molar-refractivity contribution in [2.24, 2.45) is 0 Å². The fourth-order valence-electron chi connectivity index (χ4n) is 1.91. The van der Waals surface area contributed by atoms with Crippen LogP contribution in [-0.2, 0) is 6.18 Å². The zero-order valence-electron chi connectivity index (χ0n) is 10.7. The first-order chi connectivity index (χ1) is 9.43. The van der Waals surface area contributed by atoms with E-state index in [4.69, 9.17) is 0 Å². The number of rotatable bonds is 2. The average molecular weight is 279 g/mol. The van der Waals surface area contributed by atoms with Gasteiger partial charge in [0.05, 0.1) is 5.56 Å². The van der Waals surface area contributed by atoms with Crippen LogP contribution >= 0.6 is 0 Å². The van der Waals surface area contributed by atoms with Crippen LogP contribution in [0.15, 0.2) is 48.5 Å². The van der Waals surface area contributed by atoms with E-state index in [2.05, 4.69) is 5.32 Å². The molecular weight excluding hydrogens is 267 g/mol. The molecule has 1 N–H and O–H groups in total. The van der Waals surface area contributed by atoms with Crippen molar-refractivity contribution in [3.63, 3.8) is 0 Å². The van der Waals surface area contributed by atoms with E-state index < -0.39 is 11.7 Å². The van der Waals surface area contributed by atoms with Gasteiger partial charge in [0.2, 0.25) is 0 Å². The van der Waals surface area contributed by atoms with Gasteiger partial charge in [-0.25, -0.2) is 0 Å². The van der Waals surface area contributed by atoms with Crippen LogP contribution in [0, 0.1) is 0 Å². The lowest BCUT2D eigenvalue weighted by molar-refractivity contribution is -0.137. The Bertz CT molecular complexity index is 618. The Morgan fingerprint density at radius 3 is 2.15 bits per heavy atom. The second-order valence-corrected chi connectivity index (χ2v) is 4.20. The first kappa shape index (κ1) is 14.1. The standard InChI is InChI=1S/C15H12F3NO/c1-19-14(20)13-5-3-2-4-12(13)10-6-8-11(9-7-10)15(16,17)18/h2-9H,1H3,(H,19,20). The molecule has 0 fully saturated rings. The number of benzene rings is 2. The van der Waals surface area contributed by atoms with Gasteiger partial charge >= 0.3 is 6.18 Å². The predicted octanol–water partition coefficient (Wildman–Crippen LogP) is 3.73. The van der Waals surface area contributed by atoms with Crippen LogP contribution < -0.4 is 5.32 Å². The molecule has 0 bridgehead atoms. The van der Waals surface area contributed by atoms with Crippen molar-refractivity contribution in [3.05, 3.63) is 59.7 Å². The minimum absolute atomic E-state index is 0.277. The number of nitrogens with one attached hydrogen (secondary N) is 1. The third kappa shape index (κ3) is 2.82. The Morgan fingerprint density at radius 1 is 1.00 bits per heavy atom. The SMILES string of the molecule is CNC(=O)c1ccccc1-c1ccc(C(F)(F)F)cc1. The molecule has 0 radical (unpaired) electrons. The van der Waals surface area contributed by atoms with Gasteiger partial charge in [0, 0.05) is 12.6 Å². The number of hydrogen-bond donors (Lipinski definition) is 1. The first-order valence-corrected chi connectivity index (χ1v) is 5.92. The molecule has 2 nitrogen and oxygen atoms in total. The Kier molecular flexibility index (Phi) is 3.79. The fraction of sp³-hybridized carbons (Fsp3) is 0.133. The maximum atomic E-state index is 12.5. The molecule has 0 aliphatic heterocycles. The molecule has 0 atom stereocenters. The van der Waals surface area contributed by atoms with Crippen molar-refractivity contribution in [3.8, 4) is 11.1 Å². The Balaban J connectivity index is 2.45. The maximum Gasteiger partial charge on any atom is 0.416 e. The zero-order chi connectivity index (χ0) is 14.8. The number of halogens is 3. The Labute approximate surface area is 114 Å². The summed E-state index contributed by atoms with van der Waals surface area (Å²) in [5.41, 5.74) is 0.881. The van der Waals surface area contributed by atoms with E-state index in [9.17, 15) is 18.0 Å². The van der Waals surface area contributed by atoms with E-state index in [1.807, 2.05) is 0 Å². The molecule has 2 rings (SSSR count). The monoisotopic (exact) mass is 279 g/mol. The van der Waals surface area contributed by atoms with Crippen LogP contribution in [-0.4, -0.2) is 13.0 Å². The van der Waals surface area contributed by atoms with Crippen LogP contribution in [0.5, 0.6) is 0 Å². The molecule has 0 aromatic heterocycles. The lowest BCUT2D eigenvalue weighted by atomic mass is 9.98. The summed E-state index contributed by atoms with van der Waals surface area (Å²) in [6.45, 7) is 0. The van der Waals surface area contributed by atoms with E-state index >= 15 is 0 Å². The molecule has 20 heavy (non-hydrogen) atoms. The largest absolute Gasteiger partial charge is 0.416 e. The summed E-state index contributed by atoms with van der Waals surface area (Å²) in [4.78, 5) is 11.7. The predicted molar refractivity (Wildman–Crippen MR) is 70.3 cm³/mol. The van der Waals surface area contributed by atoms with Crippen molar-refractivity contribution in [2.45, 2.75) is 6.18 Å². The van der Waals surface area contributed by atoms with Crippen molar-refractivity contribution in [1.29, 1.82) is 0 Å². The van der Waals surface area contributed by atoms with Gasteiger partial charge in [0.1, 0.15) is 0 Å². The first-order valence-electron chi connectivity index (χ1n) is 5.92. The molecule has 104 valence electrons. The highest BCUT2D eigenvalue weighted by Crippen LogP contribution is 2.31. The van der Waals surface area contributed by atoms with Gasteiger partial charge in [-0.1, -0.05) is 30.3 Å². The summed E-state index contributed by atoms with van der Waals surface area (Å²) < 4.78 is 37.6. The molecule has 0 aliphatic rings. The lowest BCUT2D eigenvalue weighted by Crippen LogP contribution is -2.18. The molecule has 0 heterocycles. The minimum atomic E-state index is -4.36. The highest BCUT2D eigenvalue weighted by Gasteiger charge is 2.30. The van der Waals surface area contributed by atoms with E-state index in [1.165, 1.54) is 19.2 Å². The summed E-state index contributed by atoms with van der Waals surface area (Å²) in [5.74, 6) is -0.277. The summed E-state index contributed by atoms with van der Waals surface area (Å²) in [7, 11) is 1.51. The molecular formula is C15H12F3NO.